The molecule has 0 spiro atoms. The summed E-state index contributed by atoms with van der Waals surface area (Å²) in [6.07, 6.45) is 0. The normalized spacial score (nSPS) is 10.9. The van der Waals surface area contributed by atoms with Crippen molar-refractivity contribution in [3.8, 4) is 0 Å². The molecule has 1 aromatic rings. The lowest BCUT2D eigenvalue weighted by molar-refractivity contribution is 0.528. The Balaban J connectivity index is 0.00000169. The summed E-state index contributed by atoms with van der Waals surface area (Å²) in [6.45, 7) is 4.48. The molecule has 14 heavy (non-hydrogen) atoms. The van der Waals surface area contributed by atoms with Crippen molar-refractivity contribution in [2.45, 2.75) is 19.3 Å². The molecule has 0 unspecified atom stereocenters. The Hall–Kier alpha value is -0.120. The molecule has 0 radical (unpaired) electrons. The SMILES string of the molecule is CC(C)(CN)c1cc(F)ccc1Br.Cl. The summed E-state index contributed by atoms with van der Waals surface area (Å²) in [5, 5.41) is 0. The molecule has 1 nitrogen and oxygen atoms in total. The number of hydrogen-bond acceptors (Lipinski definition) is 1. The van der Waals surface area contributed by atoms with Crippen molar-refractivity contribution in [3.63, 3.8) is 0 Å². The van der Waals surface area contributed by atoms with Gasteiger partial charge in [-0.05, 0) is 23.8 Å². The van der Waals surface area contributed by atoms with Gasteiger partial charge in [0.25, 0.3) is 0 Å². The molecule has 0 amide bonds. The maximum absolute atomic E-state index is 13.0. The highest BCUT2D eigenvalue weighted by Crippen LogP contribution is 2.29. The minimum atomic E-state index is -0.222. The van der Waals surface area contributed by atoms with Crippen LogP contribution in [0.1, 0.15) is 19.4 Å². The van der Waals surface area contributed by atoms with Crippen molar-refractivity contribution in [2.75, 3.05) is 6.54 Å². The predicted octanol–water partition coefficient (Wildman–Crippen LogP) is 3.25. The number of halogens is 3. The molecule has 0 saturated heterocycles. The van der Waals surface area contributed by atoms with Crippen LogP contribution in [0.25, 0.3) is 0 Å². The Morgan fingerprint density at radius 3 is 2.50 bits per heavy atom. The second kappa shape index (κ2) is 5.10. The molecule has 0 heterocycles. The lowest BCUT2D eigenvalue weighted by Crippen LogP contribution is -2.28. The Kier molecular flexibility index (Phi) is 5.06. The smallest absolute Gasteiger partial charge is 0.123 e. The largest absolute Gasteiger partial charge is 0.330 e. The van der Waals surface area contributed by atoms with Crippen LogP contribution in [0.3, 0.4) is 0 Å². The highest BCUT2D eigenvalue weighted by molar-refractivity contribution is 9.10. The Morgan fingerprint density at radius 1 is 1.43 bits per heavy atom. The maximum Gasteiger partial charge on any atom is 0.123 e. The van der Waals surface area contributed by atoms with Crippen molar-refractivity contribution >= 4 is 28.3 Å². The summed E-state index contributed by atoms with van der Waals surface area (Å²) < 4.78 is 13.9. The van der Waals surface area contributed by atoms with Gasteiger partial charge in [0.1, 0.15) is 5.82 Å². The van der Waals surface area contributed by atoms with Crippen LogP contribution < -0.4 is 5.73 Å². The zero-order valence-corrected chi connectivity index (χ0v) is 10.6. The van der Waals surface area contributed by atoms with E-state index < -0.39 is 0 Å². The van der Waals surface area contributed by atoms with Gasteiger partial charge in [0, 0.05) is 16.4 Å². The van der Waals surface area contributed by atoms with Crippen LogP contribution in [0.5, 0.6) is 0 Å². The third-order valence-electron chi connectivity index (χ3n) is 2.17. The van der Waals surface area contributed by atoms with Gasteiger partial charge in [-0.2, -0.15) is 0 Å². The van der Waals surface area contributed by atoms with Gasteiger partial charge in [-0.25, -0.2) is 4.39 Å². The average molecular weight is 283 g/mol. The summed E-state index contributed by atoms with van der Waals surface area (Å²) >= 11 is 3.38. The van der Waals surface area contributed by atoms with Crippen LogP contribution in [0, 0.1) is 5.82 Å². The predicted molar refractivity (Wildman–Crippen MR) is 63.4 cm³/mol. The number of benzene rings is 1. The molecule has 0 aromatic heterocycles. The van der Waals surface area contributed by atoms with Gasteiger partial charge in [-0.3, -0.25) is 0 Å². The van der Waals surface area contributed by atoms with Crippen molar-refractivity contribution in [1.82, 2.24) is 0 Å². The lowest BCUT2D eigenvalue weighted by atomic mass is 9.85. The van der Waals surface area contributed by atoms with Crippen LogP contribution in [-0.2, 0) is 5.41 Å². The standard InChI is InChI=1S/C10H13BrFN.ClH/c1-10(2,6-13)8-5-7(12)3-4-9(8)11;/h3-5H,6,13H2,1-2H3;1H. The highest BCUT2D eigenvalue weighted by atomic mass is 79.9. The van der Waals surface area contributed by atoms with Gasteiger partial charge in [-0.1, -0.05) is 29.8 Å². The van der Waals surface area contributed by atoms with E-state index in [0.29, 0.717) is 6.54 Å². The van der Waals surface area contributed by atoms with E-state index in [4.69, 9.17) is 5.73 Å². The summed E-state index contributed by atoms with van der Waals surface area (Å²) in [5.74, 6) is -0.222. The molecule has 0 bridgehead atoms. The fourth-order valence-corrected chi connectivity index (χ4v) is 1.91. The minimum absolute atomic E-state index is 0. The Bertz CT molecular complexity index is 315. The number of rotatable bonds is 2. The van der Waals surface area contributed by atoms with E-state index in [1.807, 2.05) is 13.8 Å². The maximum atomic E-state index is 13.0. The molecule has 0 aliphatic heterocycles. The van der Waals surface area contributed by atoms with E-state index in [2.05, 4.69) is 15.9 Å². The van der Waals surface area contributed by atoms with Crippen LogP contribution in [0.4, 0.5) is 4.39 Å². The van der Waals surface area contributed by atoms with E-state index in [1.165, 1.54) is 12.1 Å². The molecule has 0 aliphatic rings. The van der Waals surface area contributed by atoms with Gasteiger partial charge in [-0.15, -0.1) is 12.4 Å². The van der Waals surface area contributed by atoms with Crippen LogP contribution in [-0.4, -0.2) is 6.54 Å². The average Bonchev–Trinajstić information content (AvgIpc) is 2.09. The lowest BCUT2D eigenvalue weighted by Gasteiger charge is -2.24. The third kappa shape index (κ3) is 2.94. The number of hydrogen-bond donors (Lipinski definition) is 1. The molecular weight excluding hydrogens is 268 g/mol. The molecule has 2 N–H and O–H groups in total. The third-order valence-corrected chi connectivity index (χ3v) is 2.86. The second-order valence-corrected chi connectivity index (χ2v) is 4.57. The fourth-order valence-electron chi connectivity index (χ4n) is 1.13. The van der Waals surface area contributed by atoms with Crippen LogP contribution in [0.15, 0.2) is 22.7 Å². The minimum Gasteiger partial charge on any atom is -0.330 e. The van der Waals surface area contributed by atoms with Crippen molar-refractivity contribution in [1.29, 1.82) is 0 Å². The van der Waals surface area contributed by atoms with Crippen molar-refractivity contribution < 1.29 is 4.39 Å². The monoisotopic (exact) mass is 281 g/mol. The topological polar surface area (TPSA) is 26.0 Å². The summed E-state index contributed by atoms with van der Waals surface area (Å²) in [5.41, 5.74) is 6.33. The molecule has 0 saturated carbocycles. The summed E-state index contributed by atoms with van der Waals surface area (Å²) in [6, 6.07) is 4.67. The van der Waals surface area contributed by atoms with E-state index in [0.717, 1.165) is 10.0 Å². The first-order valence-electron chi connectivity index (χ1n) is 4.13. The zero-order valence-electron chi connectivity index (χ0n) is 8.18. The van der Waals surface area contributed by atoms with E-state index >= 15 is 0 Å². The van der Waals surface area contributed by atoms with Gasteiger partial charge in [0.2, 0.25) is 0 Å². The molecule has 80 valence electrons. The molecular formula is C10H14BrClFN. The van der Waals surface area contributed by atoms with Crippen LogP contribution >= 0.6 is 28.3 Å². The first-order chi connectivity index (χ1) is 5.97. The number of nitrogens with two attached hydrogens (primary N) is 1. The van der Waals surface area contributed by atoms with Gasteiger partial charge >= 0.3 is 0 Å². The van der Waals surface area contributed by atoms with E-state index in [-0.39, 0.29) is 23.6 Å². The first-order valence-corrected chi connectivity index (χ1v) is 4.92. The van der Waals surface area contributed by atoms with E-state index in [9.17, 15) is 4.39 Å². The van der Waals surface area contributed by atoms with Gasteiger partial charge in [0.05, 0.1) is 0 Å². The van der Waals surface area contributed by atoms with E-state index in [1.54, 1.807) is 6.07 Å². The summed E-state index contributed by atoms with van der Waals surface area (Å²) in [7, 11) is 0. The molecule has 1 aromatic carbocycles. The molecule has 0 atom stereocenters. The molecule has 1 rings (SSSR count). The molecule has 0 fully saturated rings. The van der Waals surface area contributed by atoms with Gasteiger partial charge < -0.3 is 5.73 Å². The zero-order chi connectivity index (χ0) is 10.1. The highest BCUT2D eigenvalue weighted by Gasteiger charge is 2.21. The van der Waals surface area contributed by atoms with Crippen molar-refractivity contribution in [2.24, 2.45) is 5.73 Å². The van der Waals surface area contributed by atoms with Crippen LogP contribution in [0.2, 0.25) is 0 Å². The molecule has 0 aliphatic carbocycles. The van der Waals surface area contributed by atoms with Gasteiger partial charge in [0.15, 0.2) is 0 Å². The quantitative estimate of drug-likeness (QED) is 0.885. The Morgan fingerprint density at radius 2 is 2.00 bits per heavy atom. The first kappa shape index (κ1) is 13.9. The second-order valence-electron chi connectivity index (χ2n) is 3.71. The summed E-state index contributed by atoms with van der Waals surface area (Å²) in [4.78, 5) is 0. The molecule has 4 heteroatoms. The fraction of sp³-hybridized carbons (Fsp3) is 0.400. The van der Waals surface area contributed by atoms with Crippen molar-refractivity contribution in [3.05, 3.63) is 34.1 Å². The Labute approximate surface area is 98.4 Å².